The minimum atomic E-state index is -0.411. The van der Waals surface area contributed by atoms with Crippen LogP contribution >= 0.6 is 35.0 Å². The van der Waals surface area contributed by atoms with Crippen molar-refractivity contribution in [3.8, 4) is 0 Å². The highest BCUT2D eigenvalue weighted by molar-refractivity contribution is 8.04. The van der Waals surface area contributed by atoms with Crippen LogP contribution in [-0.2, 0) is 16.0 Å². The summed E-state index contributed by atoms with van der Waals surface area (Å²) in [6.45, 7) is 2.05. The number of halogens is 2. The van der Waals surface area contributed by atoms with E-state index in [1.807, 2.05) is 24.3 Å². The Morgan fingerprint density at radius 1 is 0.871 bits per heavy atom. The maximum atomic E-state index is 13.3. The molecule has 0 unspecified atom stereocenters. The molecule has 0 atom stereocenters. The van der Waals surface area contributed by atoms with Crippen molar-refractivity contribution in [2.45, 2.75) is 18.2 Å². The SMILES string of the molecule is CCc1ccc(N2C(=O)C(Nc3cccc(Cl)c3)=C(Sc3ccc(Cl)cc3)C2=O)cc1. The van der Waals surface area contributed by atoms with E-state index in [0.717, 1.165) is 16.9 Å². The highest BCUT2D eigenvalue weighted by atomic mass is 35.5. The number of carbonyl (C=O) groups is 2. The second-order valence-electron chi connectivity index (χ2n) is 6.86. The molecular formula is C24H18Cl2N2O2S. The number of carbonyl (C=O) groups excluding carboxylic acids is 2. The minimum Gasteiger partial charge on any atom is -0.350 e. The summed E-state index contributed by atoms with van der Waals surface area (Å²) >= 11 is 13.3. The lowest BCUT2D eigenvalue weighted by atomic mass is 10.1. The third kappa shape index (κ3) is 4.64. The normalized spacial score (nSPS) is 13.8. The Bertz CT molecular complexity index is 1170. The van der Waals surface area contributed by atoms with Crippen molar-refractivity contribution in [1.82, 2.24) is 0 Å². The number of aryl methyl sites for hydroxylation is 1. The Morgan fingerprint density at radius 2 is 1.58 bits per heavy atom. The summed E-state index contributed by atoms with van der Waals surface area (Å²) in [6.07, 6.45) is 0.875. The quantitative estimate of drug-likeness (QED) is 0.416. The van der Waals surface area contributed by atoms with Crippen molar-refractivity contribution in [3.63, 3.8) is 0 Å². The average molecular weight is 469 g/mol. The molecule has 0 aromatic heterocycles. The molecule has 0 spiro atoms. The molecule has 1 N–H and O–H groups in total. The van der Waals surface area contributed by atoms with Crippen LogP contribution in [0.15, 0.2) is 88.3 Å². The second kappa shape index (κ2) is 9.18. The lowest BCUT2D eigenvalue weighted by Gasteiger charge is -2.15. The van der Waals surface area contributed by atoms with Gasteiger partial charge in [-0.3, -0.25) is 9.59 Å². The third-order valence-corrected chi connectivity index (χ3v) is 6.35. The lowest BCUT2D eigenvalue weighted by Crippen LogP contribution is -2.32. The van der Waals surface area contributed by atoms with Gasteiger partial charge in [0.25, 0.3) is 11.8 Å². The predicted octanol–water partition coefficient (Wildman–Crippen LogP) is 6.55. The van der Waals surface area contributed by atoms with Gasteiger partial charge in [0.15, 0.2) is 0 Å². The van der Waals surface area contributed by atoms with E-state index in [2.05, 4.69) is 12.2 Å². The molecule has 31 heavy (non-hydrogen) atoms. The molecule has 4 rings (SSSR count). The van der Waals surface area contributed by atoms with Gasteiger partial charge in [0.2, 0.25) is 0 Å². The van der Waals surface area contributed by atoms with Crippen molar-refractivity contribution in [1.29, 1.82) is 0 Å². The van der Waals surface area contributed by atoms with E-state index in [4.69, 9.17) is 23.2 Å². The fraction of sp³-hybridized carbons (Fsp3) is 0.0833. The zero-order valence-corrected chi connectivity index (χ0v) is 18.9. The number of thioether (sulfide) groups is 1. The first-order valence-electron chi connectivity index (χ1n) is 9.64. The van der Waals surface area contributed by atoms with Crippen LogP contribution in [0.2, 0.25) is 10.0 Å². The van der Waals surface area contributed by atoms with Crippen LogP contribution in [0.3, 0.4) is 0 Å². The van der Waals surface area contributed by atoms with E-state index in [9.17, 15) is 9.59 Å². The van der Waals surface area contributed by atoms with Crippen molar-refractivity contribution in [2.75, 3.05) is 10.2 Å². The maximum absolute atomic E-state index is 13.3. The van der Waals surface area contributed by atoms with Gasteiger partial charge in [0, 0.05) is 20.6 Å². The van der Waals surface area contributed by atoms with E-state index in [0.29, 0.717) is 26.3 Å². The fourth-order valence-corrected chi connectivity index (χ4v) is 4.40. The Labute approximate surface area is 194 Å². The molecule has 2 amide bonds. The molecule has 0 radical (unpaired) electrons. The van der Waals surface area contributed by atoms with Crippen LogP contribution in [0.4, 0.5) is 11.4 Å². The zero-order valence-electron chi connectivity index (χ0n) is 16.6. The Morgan fingerprint density at radius 3 is 2.23 bits per heavy atom. The molecule has 156 valence electrons. The number of rotatable bonds is 6. The molecule has 1 aliphatic rings. The van der Waals surface area contributed by atoms with Crippen LogP contribution in [-0.4, -0.2) is 11.8 Å². The Balaban J connectivity index is 1.73. The highest BCUT2D eigenvalue weighted by Crippen LogP contribution is 2.38. The number of nitrogens with zero attached hydrogens (tertiary/aromatic N) is 1. The molecule has 7 heteroatoms. The first-order chi connectivity index (χ1) is 15.0. The fourth-order valence-electron chi connectivity index (χ4n) is 3.16. The molecule has 0 fully saturated rings. The number of anilines is 2. The van der Waals surface area contributed by atoms with E-state index in [1.54, 1.807) is 48.5 Å². The topological polar surface area (TPSA) is 49.4 Å². The first kappa shape index (κ1) is 21.5. The van der Waals surface area contributed by atoms with E-state index in [1.165, 1.54) is 16.7 Å². The van der Waals surface area contributed by atoms with Gasteiger partial charge in [-0.1, -0.05) is 60.1 Å². The van der Waals surface area contributed by atoms with E-state index < -0.39 is 5.91 Å². The number of amides is 2. The molecule has 3 aromatic rings. The zero-order chi connectivity index (χ0) is 22.0. The highest BCUT2D eigenvalue weighted by Gasteiger charge is 2.40. The molecule has 4 nitrogen and oxygen atoms in total. The summed E-state index contributed by atoms with van der Waals surface area (Å²) in [6, 6.07) is 21.6. The van der Waals surface area contributed by atoms with Crippen LogP contribution in [0, 0.1) is 0 Å². The third-order valence-electron chi connectivity index (χ3n) is 4.77. The largest absolute Gasteiger partial charge is 0.350 e. The number of nitrogens with one attached hydrogen (secondary N) is 1. The smallest absolute Gasteiger partial charge is 0.283 e. The Kier molecular flexibility index (Phi) is 6.37. The standard InChI is InChI=1S/C24H18Cl2N2O2S/c1-2-15-6-10-19(11-7-15)28-23(29)21(27-18-5-3-4-17(26)14-18)22(24(28)30)31-20-12-8-16(25)9-13-20/h3-14,27H,2H2,1H3. The average Bonchev–Trinajstić information content (AvgIpc) is 2.99. The van der Waals surface area contributed by atoms with Crippen molar-refractivity contribution in [2.24, 2.45) is 0 Å². The van der Waals surface area contributed by atoms with Crippen LogP contribution in [0.25, 0.3) is 0 Å². The molecule has 1 aliphatic heterocycles. The van der Waals surface area contributed by atoms with Gasteiger partial charge in [-0.25, -0.2) is 4.90 Å². The monoisotopic (exact) mass is 468 g/mol. The molecule has 3 aromatic carbocycles. The second-order valence-corrected chi connectivity index (χ2v) is 8.82. The van der Waals surface area contributed by atoms with Crippen LogP contribution < -0.4 is 10.2 Å². The molecule has 0 saturated carbocycles. The molecule has 0 aliphatic carbocycles. The summed E-state index contributed by atoms with van der Waals surface area (Å²) in [4.78, 5) is 29.0. The number of hydrogen-bond donors (Lipinski definition) is 1. The van der Waals surface area contributed by atoms with E-state index in [-0.39, 0.29) is 11.6 Å². The van der Waals surface area contributed by atoms with Gasteiger partial charge in [-0.15, -0.1) is 0 Å². The van der Waals surface area contributed by atoms with Crippen molar-refractivity contribution < 1.29 is 9.59 Å². The van der Waals surface area contributed by atoms with Crippen molar-refractivity contribution >= 4 is 58.2 Å². The summed E-state index contributed by atoms with van der Waals surface area (Å²) in [5, 5.41) is 4.23. The maximum Gasteiger partial charge on any atom is 0.283 e. The van der Waals surface area contributed by atoms with Crippen LogP contribution in [0.5, 0.6) is 0 Å². The van der Waals surface area contributed by atoms with Gasteiger partial charge in [0.1, 0.15) is 10.6 Å². The predicted molar refractivity (Wildman–Crippen MR) is 128 cm³/mol. The van der Waals surface area contributed by atoms with Crippen molar-refractivity contribution in [3.05, 3.63) is 99.0 Å². The minimum absolute atomic E-state index is 0.215. The number of benzene rings is 3. The number of hydrogen-bond acceptors (Lipinski definition) is 4. The summed E-state index contributed by atoms with van der Waals surface area (Å²) in [5.41, 5.74) is 2.50. The molecule has 0 bridgehead atoms. The summed E-state index contributed by atoms with van der Waals surface area (Å²) < 4.78 is 0. The molecule has 1 heterocycles. The molecule has 0 saturated heterocycles. The summed E-state index contributed by atoms with van der Waals surface area (Å²) in [5.74, 6) is -0.788. The van der Waals surface area contributed by atoms with Gasteiger partial charge in [-0.05, 0) is 66.6 Å². The van der Waals surface area contributed by atoms with Gasteiger partial charge < -0.3 is 5.32 Å². The van der Waals surface area contributed by atoms with Gasteiger partial charge in [-0.2, -0.15) is 0 Å². The van der Waals surface area contributed by atoms with Gasteiger partial charge in [0.05, 0.1) is 5.69 Å². The van der Waals surface area contributed by atoms with Gasteiger partial charge >= 0.3 is 0 Å². The Hall–Kier alpha value is -2.73. The molecular weight excluding hydrogens is 451 g/mol. The summed E-state index contributed by atoms with van der Waals surface area (Å²) in [7, 11) is 0. The number of imide groups is 1. The first-order valence-corrected chi connectivity index (χ1v) is 11.2. The van der Waals surface area contributed by atoms with Crippen LogP contribution in [0.1, 0.15) is 12.5 Å². The van der Waals surface area contributed by atoms with E-state index >= 15 is 0 Å². The lowest BCUT2D eigenvalue weighted by molar-refractivity contribution is -0.120.